The minimum Gasteiger partial charge on any atom is -0.444 e. The Hall–Kier alpha value is 0.230. The van der Waals surface area contributed by atoms with Gasteiger partial charge in [-0.3, -0.25) is 0 Å². The van der Waals surface area contributed by atoms with Crippen LogP contribution in [0.5, 0.6) is 0 Å². The Kier molecular flexibility index (Phi) is 3.07. The predicted octanol–water partition coefficient (Wildman–Crippen LogP) is 3.36. The van der Waals surface area contributed by atoms with E-state index in [1.807, 2.05) is 25.7 Å². The average Bonchev–Trinajstić information content (AvgIpc) is 2.66. The second-order valence-corrected chi connectivity index (χ2v) is 9.29. The highest BCUT2D eigenvalue weighted by Gasteiger charge is 2.63. The Balaban J connectivity index is 1.91. The first kappa shape index (κ1) is 12.7. The fraction of sp³-hybridized carbons (Fsp3) is 0.909. The zero-order chi connectivity index (χ0) is 12.1. The van der Waals surface area contributed by atoms with E-state index in [0.717, 1.165) is 19.5 Å². The number of hydrogen-bond acceptors (Lipinski definition) is 2. The monoisotopic (exact) mass is 353 g/mol. The molecule has 0 aromatic rings. The third-order valence-electron chi connectivity index (χ3n) is 3.14. The summed E-state index contributed by atoms with van der Waals surface area (Å²) in [6.45, 7) is 7.28. The van der Waals surface area contributed by atoms with Crippen LogP contribution in [-0.2, 0) is 4.74 Å². The molecule has 1 saturated heterocycles. The van der Waals surface area contributed by atoms with Crippen molar-refractivity contribution in [3.8, 4) is 0 Å². The molecule has 3 nitrogen and oxygen atoms in total. The quantitative estimate of drug-likeness (QED) is 0.624. The first-order valence-electron chi connectivity index (χ1n) is 5.57. The molecule has 1 saturated carbocycles. The molecule has 1 aliphatic heterocycles. The number of likely N-dealkylation sites (tertiary alicyclic amines) is 1. The zero-order valence-corrected chi connectivity index (χ0v) is 13.0. The van der Waals surface area contributed by atoms with Gasteiger partial charge in [0.15, 0.2) is 0 Å². The molecule has 1 amide bonds. The van der Waals surface area contributed by atoms with Gasteiger partial charge in [-0.1, -0.05) is 31.9 Å². The van der Waals surface area contributed by atoms with E-state index in [2.05, 4.69) is 31.9 Å². The van der Waals surface area contributed by atoms with E-state index in [-0.39, 0.29) is 9.33 Å². The summed E-state index contributed by atoms with van der Waals surface area (Å²) in [7, 11) is 0. The maximum absolute atomic E-state index is 11.9. The molecule has 5 heteroatoms. The number of carbonyl (C=O) groups excluding carboxylic acids is 1. The van der Waals surface area contributed by atoms with E-state index >= 15 is 0 Å². The van der Waals surface area contributed by atoms with Crippen molar-refractivity contribution in [2.75, 3.05) is 13.1 Å². The lowest BCUT2D eigenvalue weighted by Gasteiger charge is -2.29. The summed E-state index contributed by atoms with van der Waals surface area (Å²) >= 11 is 7.31. The summed E-state index contributed by atoms with van der Waals surface area (Å²) < 4.78 is 5.43. The maximum atomic E-state index is 11.9. The van der Waals surface area contributed by atoms with Gasteiger partial charge in [0.25, 0.3) is 0 Å². The number of alkyl halides is 2. The molecule has 2 atom stereocenters. The molecule has 0 bridgehead atoms. The van der Waals surface area contributed by atoms with Crippen molar-refractivity contribution >= 4 is 38.0 Å². The molecule has 0 unspecified atom stereocenters. The van der Waals surface area contributed by atoms with E-state index < -0.39 is 5.60 Å². The average molecular weight is 355 g/mol. The van der Waals surface area contributed by atoms with Crippen molar-refractivity contribution in [2.24, 2.45) is 11.8 Å². The minimum absolute atomic E-state index is 0.0662. The molecule has 2 aliphatic rings. The molecule has 16 heavy (non-hydrogen) atoms. The van der Waals surface area contributed by atoms with Crippen LogP contribution in [0.1, 0.15) is 27.2 Å². The number of rotatable bonds is 0. The lowest BCUT2D eigenvalue weighted by Crippen LogP contribution is -2.40. The third kappa shape index (κ3) is 2.40. The van der Waals surface area contributed by atoms with Crippen LogP contribution in [0.4, 0.5) is 4.79 Å². The van der Waals surface area contributed by atoms with Gasteiger partial charge in [-0.15, -0.1) is 0 Å². The van der Waals surface area contributed by atoms with Crippen LogP contribution in [0.25, 0.3) is 0 Å². The van der Waals surface area contributed by atoms with Crippen molar-refractivity contribution in [2.45, 2.75) is 36.0 Å². The van der Waals surface area contributed by atoms with Crippen LogP contribution < -0.4 is 0 Å². The molecule has 1 aliphatic carbocycles. The van der Waals surface area contributed by atoms with E-state index in [4.69, 9.17) is 4.74 Å². The minimum atomic E-state index is -0.405. The normalized spacial score (nSPS) is 31.9. The summed E-state index contributed by atoms with van der Waals surface area (Å²) in [5.74, 6) is 1.18. The molecule has 2 fully saturated rings. The Morgan fingerprint density at radius 3 is 2.50 bits per heavy atom. The van der Waals surface area contributed by atoms with Crippen LogP contribution in [0.15, 0.2) is 0 Å². The molecule has 0 aromatic heterocycles. The maximum Gasteiger partial charge on any atom is 0.410 e. The van der Waals surface area contributed by atoms with Gasteiger partial charge in [0.2, 0.25) is 0 Å². The van der Waals surface area contributed by atoms with Crippen LogP contribution >= 0.6 is 31.9 Å². The van der Waals surface area contributed by atoms with Gasteiger partial charge >= 0.3 is 6.09 Å². The van der Waals surface area contributed by atoms with E-state index in [9.17, 15) is 4.79 Å². The molecule has 0 aromatic carbocycles. The lowest BCUT2D eigenvalue weighted by molar-refractivity contribution is 0.0207. The van der Waals surface area contributed by atoms with Gasteiger partial charge in [-0.2, -0.15) is 0 Å². The lowest BCUT2D eigenvalue weighted by atomic mass is 10.1. The molecule has 1 heterocycles. The standard InChI is InChI=1S/C11H17Br2NO2/c1-10(2,3)16-9(15)14-5-4-7-8(6-14)11(7,12)13/h7-8H,4-6H2,1-3H3/t7-,8+/m1/s1. The van der Waals surface area contributed by atoms with Gasteiger partial charge < -0.3 is 9.64 Å². The van der Waals surface area contributed by atoms with Gasteiger partial charge in [0.05, 0.1) is 3.23 Å². The first-order chi connectivity index (χ1) is 7.22. The van der Waals surface area contributed by atoms with Crippen molar-refractivity contribution in [3.63, 3.8) is 0 Å². The van der Waals surface area contributed by atoms with Crippen molar-refractivity contribution in [3.05, 3.63) is 0 Å². The summed E-state index contributed by atoms with van der Waals surface area (Å²) in [6.07, 6.45) is 0.856. The van der Waals surface area contributed by atoms with Gasteiger partial charge in [0.1, 0.15) is 5.60 Å². The topological polar surface area (TPSA) is 29.5 Å². The Morgan fingerprint density at radius 2 is 2.00 bits per heavy atom. The van der Waals surface area contributed by atoms with Crippen LogP contribution in [0, 0.1) is 11.8 Å². The van der Waals surface area contributed by atoms with Crippen molar-refractivity contribution in [1.29, 1.82) is 0 Å². The number of nitrogens with zero attached hydrogens (tertiary/aromatic N) is 1. The highest BCUT2D eigenvalue weighted by Crippen LogP contribution is 2.65. The predicted molar refractivity (Wildman–Crippen MR) is 70.0 cm³/mol. The number of ether oxygens (including phenoxy) is 1. The number of fused-ring (bicyclic) bond motifs is 1. The summed E-state index contributed by atoms with van der Waals surface area (Å²) in [4.78, 5) is 13.7. The number of piperidine rings is 1. The fourth-order valence-corrected chi connectivity index (χ4v) is 3.98. The summed E-state index contributed by atoms with van der Waals surface area (Å²) in [5, 5.41) is 0. The first-order valence-corrected chi connectivity index (χ1v) is 7.16. The van der Waals surface area contributed by atoms with E-state index in [1.54, 1.807) is 0 Å². The van der Waals surface area contributed by atoms with Crippen molar-refractivity contribution < 1.29 is 9.53 Å². The Bertz CT molecular complexity index is 312. The molecular weight excluding hydrogens is 338 g/mol. The highest BCUT2D eigenvalue weighted by molar-refractivity contribution is 9.25. The second kappa shape index (κ2) is 3.87. The Morgan fingerprint density at radius 1 is 1.38 bits per heavy atom. The highest BCUT2D eigenvalue weighted by atomic mass is 79.9. The van der Waals surface area contributed by atoms with E-state index in [0.29, 0.717) is 11.8 Å². The molecule has 0 N–H and O–H groups in total. The molecule has 92 valence electrons. The fourth-order valence-electron chi connectivity index (χ4n) is 2.22. The van der Waals surface area contributed by atoms with Gasteiger partial charge in [-0.25, -0.2) is 4.79 Å². The second-order valence-electron chi connectivity index (χ2n) is 5.60. The van der Waals surface area contributed by atoms with Crippen LogP contribution in [0.2, 0.25) is 0 Å². The van der Waals surface area contributed by atoms with E-state index in [1.165, 1.54) is 0 Å². The zero-order valence-electron chi connectivity index (χ0n) is 9.80. The third-order valence-corrected chi connectivity index (χ3v) is 5.50. The van der Waals surface area contributed by atoms with Crippen LogP contribution in [-0.4, -0.2) is 32.9 Å². The molecule has 2 rings (SSSR count). The Labute approximate surface area is 113 Å². The number of halogens is 2. The number of hydrogen-bond donors (Lipinski definition) is 0. The number of carbonyl (C=O) groups is 1. The smallest absolute Gasteiger partial charge is 0.410 e. The molecular formula is C11H17Br2NO2. The van der Waals surface area contributed by atoms with Gasteiger partial charge in [0, 0.05) is 19.0 Å². The summed E-state index contributed by atoms with van der Waals surface area (Å²) in [5.41, 5.74) is -0.405. The largest absolute Gasteiger partial charge is 0.444 e. The number of amides is 1. The van der Waals surface area contributed by atoms with Crippen molar-refractivity contribution in [1.82, 2.24) is 4.90 Å². The molecule has 0 radical (unpaired) electrons. The molecule has 0 spiro atoms. The summed E-state index contributed by atoms with van der Waals surface area (Å²) in [6, 6.07) is 0. The van der Waals surface area contributed by atoms with Gasteiger partial charge in [-0.05, 0) is 33.1 Å². The SMILES string of the molecule is CC(C)(C)OC(=O)N1CC[C@@H]2[C@H](C1)C2(Br)Br. The van der Waals surface area contributed by atoms with Crippen LogP contribution in [0.3, 0.4) is 0 Å².